The number of hydrogen-bond acceptors (Lipinski definition) is 0. The highest BCUT2D eigenvalue weighted by atomic mass is 14.2. The van der Waals surface area contributed by atoms with Crippen molar-refractivity contribution >= 4 is 0 Å². The van der Waals surface area contributed by atoms with Crippen LogP contribution in [0.25, 0.3) is 11.1 Å². The van der Waals surface area contributed by atoms with Crippen LogP contribution in [0.5, 0.6) is 0 Å². The summed E-state index contributed by atoms with van der Waals surface area (Å²) in [5.41, 5.74) is 10.3. The maximum Gasteiger partial charge on any atom is 0.0340 e. The predicted molar refractivity (Wildman–Crippen MR) is 160 cm³/mol. The molecule has 6 aromatic rings. The van der Waals surface area contributed by atoms with Gasteiger partial charge in [-0.15, -0.1) is 0 Å². The molecule has 0 bridgehead atoms. The molecule has 0 spiro atoms. The molecule has 0 heterocycles. The molecule has 0 radical (unpaired) electrons. The van der Waals surface area contributed by atoms with E-state index in [1.165, 1.54) is 44.5 Å². The molecule has 0 atom stereocenters. The Kier molecular flexibility index (Phi) is 6.96. The van der Waals surface area contributed by atoms with Crippen molar-refractivity contribution in [2.24, 2.45) is 0 Å². The fourth-order valence-electron chi connectivity index (χ4n) is 5.53. The molecule has 0 amide bonds. The van der Waals surface area contributed by atoms with E-state index in [1.54, 1.807) is 0 Å². The Morgan fingerprint density at radius 3 is 0.789 bits per heavy atom. The van der Waals surface area contributed by atoms with Crippen LogP contribution in [-0.2, 0) is 0 Å². The lowest BCUT2D eigenvalue weighted by Crippen LogP contribution is -2.04. The van der Waals surface area contributed by atoms with Gasteiger partial charge in [-0.05, 0) is 44.5 Å². The van der Waals surface area contributed by atoms with Crippen LogP contribution in [0.3, 0.4) is 0 Å². The van der Waals surface area contributed by atoms with Crippen LogP contribution in [0, 0.1) is 0 Å². The van der Waals surface area contributed by atoms with Crippen LogP contribution in [0.2, 0.25) is 0 Å². The van der Waals surface area contributed by atoms with Gasteiger partial charge in [0.25, 0.3) is 0 Å². The van der Waals surface area contributed by atoms with Gasteiger partial charge in [-0.25, -0.2) is 0 Å². The van der Waals surface area contributed by atoms with Gasteiger partial charge in [-0.2, -0.15) is 0 Å². The third-order valence-corrected chi connectivity index (χ3v) is 7.30. The second-order valence-corrected chi connectivity index (χ2v) is 9.76. The van der Waals surface area contributed by atoms with Gasteiger partial charge in [0.15, 0.2) is 0 Å². The Morgan fingerprint density at radius 1 is 0.237 bits per heavy atom. The normalized spacial score (nSPS) is 11.1. The summed E-state index contributed by atoms with van der Waals surface area (Å²) in [4.78, 5) is 0. The zero-order chi connectivity index (χ0) is 25.6. The summed E-state index contributed by atoms with van der Waals surface area (Å²) in [6, 6.07) is 61.3. The van der Waals surface area contributed by atoms with Gasteiger partial charge < -0.3 is 0 Å². The highest BCUT2D eigenvalue weighted by Crippen LogP contribution is 2.36. The fraction of sp³-hybridized carbons (Fsp3) is 0.0526. The maximum absolute atomic E-state index is 2.36. The van der Waals surface area contributed by atoms with Gasteiger partial charge in [0, 0.05) is 11.8 Å². The molecule has 0 heteroatoms. The molecule has 0 aromatic heterocycles. The minimum absolute atomic E-state index is 0.182. The summed E-state index contributed by atoms with van der Waals surface area (Å²) in [7, 11) is 0. The summed E-state index contributed by atoms with van der Waals surface area (Å²) in [5.74, 6) is 0.365. The molecular formula is C38H30. The van der Waals surface area contributed by atoms with Gasteiger partial charge in [0.05, 0.1) is 0 Å². The van der Waals surface area contributed by atoms with Crippen molar-refractivity contribution in [3.63, 3.8) is 0 Å². The van der Waals surface area contributed by atoms with Crippen LogP contribution in [0.4, 0.5) is 0 Å². The highest BCUT2D eigenvalue weighted by Gasteiger charge is 2.19. The summed E-state index contributed by atoms with van der Waals surface area (Å²) in [6.45, 7) is 0. The average molecular weight is 487 g/mol. The minimum atomic E-state index is 0.182. The molecule has 0 unspecified atom stereocenters. The zero-order valence-electron chi connectivity index (χ0n) is 21.3. The standard InChI is InChI=1S/C38H30/c1-5-15-29(16-6-1)37(30-17-7-2-8-18-30)35-25-13-23-33(27-35)34-24-14-26-36(28-34)38(31-19-9-3-10-20-31)32-21-11-4-12-22-32/h1-28,37-38H. The van der Waals surface area contributed by atoms with Crippen molar-refractivity contribution in [2.75, 3.05) is 0 Å². The molecule has 6 rings (SSSR count). The van der Waals surface area contributed by atoms with Crippen molar-refractivity contribution in [2.45, 2.75) is 11.8 Å². The lowest BCUT2D eigenvalue weighted by atomic mass is 9.82. The molecule has 182 valence electrons. The largest absolute Gasteiger partial charge is 0.0622 e. The monoisotopic (exact) mass is 486 g/mol. The van der Waals surface area contributed by atoms with E-state index in [-0.39, 0.29) is 11.8 Å². The minimum Gasteiger partial charge on any atom is -0.0622 e. The van der Waals surface area contributed by atoms with Crippen molar-refractivity contribution in [1.82, 2.24) is 0 Å². The smallest absolute Gasteiger partial charge is 0.0340 e. The van der Waals surface area contributed by atoms with Crippen LogP contribution in [0.15, 0.2) is 170 Å². The number of benzene rings is 6. The Labute approximate surface area is 225 Å². The summed E-state index contributed by atoms with van der Waals surface area (Å²) in [6.07, 6.45) is 0. The first-order chi connectivity index (χ1) is 18.9. The molecule has 0 aliphatic rings. The fourth-order valence-corrected chi connectivity index (χ4v) is 5.53. The van der Waals surface area contributed by atoms with Crippen LogP contribution < -0.4 is 0 Å². The molecule has 0 saturated heterocycles. The van der Waals surface area contributed by atoms with Gasteiger partial charge in [-0.1, -0.05) is 170 Å². The van der Waals surface area contributed by atoms with E-state index in [9.17, 15) is 0 Å². The first-order valence-electron chi connectivity index (χ1n) is 13.3. The van der Waals surface area contributed by atoms with E-state index in [0.29, 0.717) is 0 Å². The molecule has 0 nitrogen and oxygen atoms in total. The lowest BCUT2D eigenvalue weighted by Gasteiger charge is -2.21. The average Bonchev–Trinajstić information content (AvgIpc) is 3.00. The molecule has 0 aliphatic heterocycles. The lowest BCUT2D eigenvalue weighted by molar-refractivity contribution is 0.975. The maximum atomic E-state index is 2.36. The van der Waals surface area contributed by atoms with Gasteiger partial charge in [-0.3, -0.25) is 0 Å². The number of hydrogen-bond donors (Lipinski definition) is 0. The molecule has 0 saturated carbocycles. The first-order valence-corrected chi connectivity index (χ1v) is 13.3. The molecule has 0 fully saturated rings. The third-order valence-electron chi connectivity index (χ3n) is 7.30. The SMILES string of the molecule is c1ccc(C(c2ccccc2)c2cccc(-c3cccc(C(c4ccccc4)c4ccccc4)c3)c2)cc1. The molecule has 0 aliphatic carbocycles. The van der Waals surface area contributed by atoms with Crippen molar-refractivity contribution in [3.05, 3.63) is 203 Å². The molecule has 0 N–H and O–H groups in total. The zero-order valence-corrected chi connectivity index (χ0v) is 21.3. The second kappa shape index (κ2) is 11.2. The van der Waals surface area contributed by atoms with Crippen molar-refractivity contribution in [1.29, 1.82) is 0 Å². The van der Waals surface area contributed by atoms with E-state index in [4.69, 9.17) is 0 Å². The van der Waals surface area contributed by atoms with Crippen molar-refractivity contribution in [3.8, 4) is 11.1 Å². The summed E-state index contributed by atoms with van der Waals surface area (Å²) < 4.78 is 0. The molecule has 6 aromatic carbocycles. The van der Waals surface area contributed by atoms with Crippen LogP contribution in [0.1, 0.15) is 45.2 Å². The van der Waals surface area contributed by atoms with E-state index >= 15 is 0 Å². The summed E-state index contributed by atoms with van der Waals surface area (Å²) in [5, 5.41) is 0. The first kappa shape index (κ1) is 23.7. The number of rotatable bonds is 7. The van der Waals surface area contributed by atoms with E-state index in [2.05, 4.69) is 170 Å². The highest BCUT2D eigenvalue weighted by molar-refractivity contribution is 5.67. The third kappa shape index (κ3) is 5.08. The van der Waals surface area contributed by atoms with E-state index < -0.39 is 0 Å². The molecule has 38 heavy (non-hydrogen) atoms. The molecular weight excluding hydrogens is 456 g/mol. The van der Waals surface area contributed by atoms with Crippen LogP contribution >= 0.6 is 0 Å². The summed E-state index contributed by atoms with van der Waals surface area (Å²) >= 11 is 0. The Hall–Kier alpha value is -4.68. The van der Waals surface area contributed by atoms with E-state index in [0.717, 1.165) is 0 Å². The van der Waals surface area contributed by atoms with E-state index in [1.807, 2.05) is 0 Å². The van der Waals surface area contributed by atoms with Crippen molar-refractivity contribution < 1.29 is 0 Å². The van der Waals surface area contributed by atoms with Gasteiger partial charge in [0.2, 0.25) is 0 Å². The quantitative estimate of drug-likeness (QED) is 0.197. The second-order valence-electron chi connectivity index (χ2n) is 9.76. The topological polar surface area (TPSA) is 0 Å². The Morgan fingerprint density at radius 2 is 0.500 bits per heavy atom. The Bertz CT molecular complexity index is 1380. The predicted octanol–water partition coefficient (Wildman–Crippen LogP) is 9.71. The Balaban J connectivity index is 1.43. The van der Waals surface area contributed by atoms with Gasteiger partial charge >= 0.3 is 0 Å². The van der Waals surface area contributed by atoms with Crippen LogP contribution in [-0.4, -0.2) is 0 Å². The van der Waals surface area contributed by atoms with Gasteiger partial charge in [0.1, 0.15) is 0 Å².